The van der Waals surface area contributed by atoms with Crippen molar-refractivity contribution in [2.45, 2.75) is 0 Å². The van der Waals surface area contributed by atoms with Gasteiger partial charge in [-0.25, -0.2) is 4.98 Å². The predicted molar refractivity (Wildman–Crippen MR) is 192 cm³/mol. The molecule has 0 aliphatic carbocycles. The fourth-order valence-corrected chi connectivity index (χ4v) is 6.48. The molecule has 0 spiro atoms. The van der Waals surface area contributed by atoms with Crippen LogP contribution in [0.1, 0.15) is 0 Å². The van der Waals surface area contributed by atoms with Crippen LogP contribution < -0.4 is 4.90 Å². The van der Waals surface area contributed by atoms with Gasteiger partial charge < -0.3 is 13.7 Å². The fraction of sp³-hybridized carbons (Fsp3) is 0. The van der Waals surface area contributed by atoms with E-state index in [0.29, 0.717) is 11.5 Å². The second-order valence-electron chi connectivity index (χ2n) is 11.6. The van der Waals surface area contributed by atoms with E-state index in [2.05, 4.69) is 114 Å². The average molecular weight is 605 g/mol. The van der Waals surface area contributed by atoms with Crippen LogP contribution in [-0.4, -0.2) is 4.98 Å². The molecule has 0 saturated heterocycles. The zero-order chi connectivity index (χ0) is 31.2. The molecule has 0 atom stereocenters. The van der Waals surface area contributed by atoms with Gasteiger partial charge in [0.05, 0.1) is 5.69 Å². The highest BCUT2D eigenvalue weighted by atomic mass is 16.4. The van der Waals surface area contributed by atoms with Crippen molar-refractivity contribution in [2.75, 3.05) is 4.90 Å². The van der Waals surface area contributed by atoms with Gasteiger partial charge >= 0.3 is 0 Å². The van der Waals surface area contributed by atoms with E-state index >= 15 is 0 Å². The van der Waals surface area contributed by atoms with Crippen molar-refractivity contribution in [3.05, 3.63) is 170 Å². The average Bonchev–Trinajstić information content (AvgIpc) is 3.75. The molecular formula is C43H28N2O2. The molecule has 0 bridgehead atoms. The highest BCUT2D eigenvalue weighted by Gasteiger charge is 2.28. The standard InChI is InChI=1S/C43H28N2O2/c1-4-14-29(15-5-1)30-24-26-33(27-25-30)45(38-22-12-10-20-34(38)31-16-6-2-7-17-31)40-41-36(35-21-11-13-23-39(35)46-41)28-37-42(40)47-43(44-37)32-18-8-3-9-19-32/h1-28H. The molecule has 2 heterocycles. The van der Waals surface area contributed by atoms with Crippen LogP contribution >= 0.6 is 0 Å². The van der Waals surface area contributed by atoms with Crippen molar-refractivity contribution < 1.29 is 8.83 Å². The highest BCUT2D eigenvalue weighted by Crippen LogP contribution is 2.49. The summed E-state index contributed by atoms with van der Waals surface area (Å²) < 4.78 is 13.5. The number of hydrogen-bond donors (Lipinski definition) is 0. The van der Waals surface area contributed by atoms with Crippen molar-refractivity contribution in [1.29, 1.82) is 0 Å². The third kappa shape index (κ3) is 4.66. The largest absolute Gasteiger partial charge is 0.454 e. The maximum Gasteiger partial charge on any atom is 0.227 e. The summed E-state index contributed by atoms with van der Waals surface area (Å²) in [6.07, 6.45) is 0. The predicted octanol–water partition coefficient (Wildman–Crippen LogP) is 12.2. The van der Waals surface area contributed by atoms with E-state index in [-0.39, 0.29) is 0 Å². The number of fused-ring (bicyclic) bond motifs is 4. The first-order chi connectivity index (χ1) is 23.3. The summed E-state index contributed by atoms with van der Waals surface area (Å²) in [4.78, 5) is 7.32. The van der Waals surface area contributed by atoms with E-state index in [4.69, 9.17) is 13.8 Å². The van der Waals surface area contributed by atoms with Crippen LogP contribution in [0, 0.1) is 0 Å². The molecule has 0 saturated carbocycles. The van der Waals surface area contributed by atoms with E-state index in [1.807, 2.05) is 60.7 Å². The smallest absolute Gasteiger partial charge is 0.227 e. The Morgan fingerprint density at radius 1 is 0.447 bits per heavy atom. The Morgan fingerprint density at radius 3 is 1.79 bits per heavy atom. The number of benzene rings is 7. The summed E-state index contributed by atoms with van der Waals surface area (Å²) in [5.41, 5.74) is 11.2. The number of para-hydroxylation sites is 2. The van der Waals surface area contributed by atoms with Gasteiger partial charge in [0.1, 0.15) is 16.8 Å². The van der Waals surface area contributed by atoms with Crippen LogP contribution in [0.25, 0.3) is 66.7 Å². The third-order valence-corrected chi connectivity index (χ3v) is 8.71. The molecule has 0 aliphatic rings. The number of oxazole rings is 1. The lowest BCUT2D eigenvalue weighted by atomic mass is 10.0. The number of aromatic nitrogens is 1. The van der Waals surface area contributed by atoms with E-state index in [1.54, 1.807) is 0 Å². The van der Waals surface area contributed by atoms with Crippen LogP contribution in [0.3, 0.4) is 0 Å². The molecule has 2 aromatic heterocycles. The van der Waals surface area contributed by atoms with E-state index in [9.17, 15) is 0 Å². The van der Waals surface area contributed by atoms with Gasteiger partial charge in [0.15, 0.2) is 11.2 Å². The number of anilines is 3. The van der Waals surface area contributed by atoms with Gasteiger partial charge in [0, 0.05) is 27.6 Å². The summed E-state index contributed by atoms with van der Waals surface area (Å²) in [5.74, 6) is 0.564. The van der Waals surface area contributed by atoms with Crippen molar-refractivity contribution in [3.63, 3.8) is 0 Å². The Hall–Kier alpha value is -6.39. The molecule has 0 radical (unpaired) electrons. The molecule has 0 unspecified atom stereocenters. The first-order valence-electron chi connectivity index (χ1n) is 15.7. The Bertz CT molecular complexity index is 2500. The van der Waals surface area contributed by atoms with E-state index < -0.39 is 0 Å². The quantitative estimate of drug-likeness (QED) is 0.189. The third-order valence-electron chi connectivity index (χ3n) is 8.71. The molecular weight excluding hydrogens is 576 g/mol. The zero-order valence-corrected chi connectivity index (χ0v) is 25.4. The van der Waals surface area contributed by atoms with Gasteiger partial charge in [-0.1, -0.05) is 127 Å². The molecule has 9 rings (SSSR count). The Kier molecular flexibility index (Phi) is 6.43. The van der Waals surface area contributed by atoms with Gasteiger partial charge in [-0.15, -0.1) is 0 Å². The minimum atomic E-state index is 0.564. The van der Waals surface area contributed by atoms with Crippen LogP contribution in [-0.2, 0) is 0 Å². The normalized spacial score (nSPS) is 11.4. The summed E-state index contributed by atoms with van der Waals surface area (Å²) in [5, 5.41) is 2.02. The van der Waals surface area contributed by atoms with Crippen molar-refractivity contribution >= 4 is 50.1 Å². The summed E-state index contributed by atoms with van der Waals surface area (Å²) in [7, 11) is 0. The molecule has 4 heteroatoms. The number of rotatable bonds is 6. The lowest BCUT2D eigenvalue weighted by molar-refractivity contribution is 0.618. The molecule has 4 nitrogen and oxygen atoms in total. The summed E-state index contributed by atoms with van der Waals surface area (Å²) >= 11 is 0. The number of nitrogens with zero attached hydrogens (tertiary/aromatic N) is 2. The van der Waals surface area contributed by atoms with Gasteiger partial charge in [0.25, 0.3) is 0 Å². The first-order valence-corrected chi connectivity index (χ1v) is 15.7. The van der Waals surface area contributed by atoms with E-state index in [0.717, 1.165) is 66.8 Å². The molecule has 0 fully saturated rings. The SMILES string of the molecule is c1ccc(-c2ccc(N(c3ccccc3-c3ccccc3)c3c4oc(-c5ccccc5)nc4cc4c3oc3ccccc34)cc2)cc1. The monoisotopic (exact) mass is 604 g/mol. The van der Waals surface area contributed by atoms with Crippen LogP contribution in [0.15, 0.2) is 179 Å². The van der Waals surface area contributed by atoms with Crippen molar-refractivity contribution in [2.24, 2.45) is 0 Å². The molecule has 0 N–H and O–H groups in total. The molecule has 222 valence electrons. The Morgan fingerprint density at radius 2 is 1.04 bits per heavy atom. The number of hydrogen-bond acceptors (Lipinski definition) is 4. The van der Waals surface area contributed by atoms with Crippen molar-refractivity contribution in [1.82, 2.24) is 4.98 Å². The fourth-order valence-electron chi connectivity index (χ4n) is 6.48. The van der Waals surface area contributed by atoms with Crippen LogP contribution in [0.4, 0.5) is 17.1 Å². The van der Waals surface area contributed by atoms with Gasteiger partial charge in [-0.05, 0) is 59.2 Å². The Balaban J connectivity index is 1.37. The lowest BCUT2D eigenvalue weighted by Gasteiger charge is -2.28. The second kappa shape index (κ2) is 11.2. The van der Waals surface area contributed by atoms with Crippen LogP contribution in [0.5, 0.6) is 0 Å². The summed E-state index contributed by atoms with van der Waals surface area (Å²) in [6.45, 7) is 0. The van der Waals surface area contributed by atoms with Gasteiger partial charge in [0.2, 0.25) is 5.89 Å². The minimum absolute atomic E-state index is 0.564. The first kappa shape index (κ1) is 27.0. The van der Waals surface area contributed by atoms with Crippen LogP contribution in [0.2, 0.25) is 0 Å². The molecule has 0 amide bonds. The topological polar surface area (TPSA) is 42.4 Å². The van der Waals surface area contributed by atoms with Crippen molar-refractivity contribution in [3.8, 4) is 33.7 Å². The van der Waals surface area contributed by atoms with E-state index in [1.165, 1.54) is 5.56 Å². The summed E-state index contributed by atoms with van der Waals surface area (Å²) in [6, 6.07) is 58.4. The minimum Gasteiger partial charge on any atom is -0.454 e. The van der Waals surface area contributed by atoms with Gasteiger partial charge in [-0.3, -0.25) is 0 Å². The lowest BCUT2D eigenvalue weighted by Crippen LogP contribution is -2.12. The second-order valence-corrected chi connectivity index (χ2v) is 11.6. The number of furan rings is 1. The molecule has 7 aromatic carbocycles. The molecule has 0 aliphatic heterocycles. The molecule has 9 aromatic rings. The Labute approximate surface area is 271 Å². The maximum absolute atomic E-state index is 6.74. The zero-order valence-electron chi connectivity index (χ0n) is 25.4. The highest BCUT2D eigenvalue weighted by molar-refractivity contribution is 6.18. The van der Waals surface area contributed by atoms with Gasteiger partial charge in [-0.2, -0.15) is 0 Å². The molecule has 47 heavy (non-hydrogen) atoms. The maximum atomic E-state index is 6.74.